The maximum Gasteiger partial charge on any atom is 0.307 e. The Kier molecular flexibility index (Phi) is 9.01. The van der Waals surface area contributed by atoms with Gasteiger partial charge in [-0.3, -0.25) is 9.59 Å². The van der Waals surface area contributed by atoms with Crippen LogP contribution in [0, 0.1) is 0 Å². The first-order chi connectivity index (χ1) is 12.7. The predicted octanol–water partition coefficient (Wildman–Crippen LogP) is 3.96. The number of para-hydroxylation sites is 1. The molecule has 0 unspecified atom stereocenters. The Bertz CT molecular complexity index is 538. The molecule has 5 nitrogen and oxygen atoms in total. The molecule has 0 bridgehead atoms. The van der Waals surface area contributed by atoms with E-state index in [1.165, 1.54) is 12.8 Å². The Balaban J connectivity index is 1.89. The second-order valence-electron chi connectivity index (χ2n) is 6.70. The van der Waals surface area contributed by atoms with E-state index in [-0.39, 0.29) is 24.3 Å². The molecule has 0 aromatic heterocycles. The van der Waals surface area contributed by atoms with E-state index in [1.807, 2.05) is 35.2 Å². The van der Waals surface area contributed by atoms with Crippen molar-refractivity contribution < 1.29 is 19.1 Å². The summed E-state index contributed by atoms with van der Waals surface area (Å²) in [5.41, 5.74) is 0. The van der Waals surface area contributed by atoms with Crippen molar-refractivity contribution in [3.05, 3.63) is 30.3 Å². The lowest BCUT2D eigenvalue weighted by Gasteiger charge is -2.31. The van der Waals surface area contributed by atoms with E-state index in [0.717, 1.165) is 31.4 Å². The molecule has 2 rings (SSSR count). The number of benzene rings is 1. The minimum absolute atomic E-state index is 0.0668. The molecule has 1 fully saturated rings. The summed E-state index contributed by atoms with van der Waals surface area (Å²) in [6.07, 6.45) is 7.38. The van der Waals surface area contributed by atoms with Crippen molar-refractivity contribution in [2.24, 2.45) is 0 Å². The molecule has 0 aliphatic heterocycles. The third-order valence-electron chi connectivity index (χ3n) is 4.78. The van der Waals surface area contributed by atoms with Crippen LogP contribution in [0.2, 0.25) is 0 Å². The molecule has 1 saturated carbocycles. The highest BCUT2D eigenvalue weighted by molar-refractivity contribution is 5.77. The SMILES string of the molecule is CCOC(=O)CCN(C(=O)CCOc1ccccc1)C1CCCCCC1. The largest absolute Gasteiger partial charge is 0.493 e. The Morgan fingerprint density at radius 3 is 2.38 bits per heavy atom. The van der Waals surface area contributed by atoms with Crippen LogP contribution in [0.3, 0.4) is 0 Å². The van der Waals surface area contributed by atoms with Gasteiger partial charge < -0.3 is 14.4 Å². The van der Waals surface area contributed by atoms with Crippen molar-refractivity contribution in [1.29, 1.82) is 0 Å². The average molecular weight is 361 g/mol. The maximum atomic E-state index is 12.8. The van der Waals surface area contributed by atoms with Crippen LogP contribution < -0.4 is 4.74 Å². The van der Waals surface area contributed by atoms with E-state index in [2.05, 4.69) is 0 Å². The van der Waals surface area contributed by atoms with Gasteiger partial charge in [0.15, 0.2) is 0 Å². The van der Waals surface area contributed by atoms with E-state index in [4.69, 9.17) is 9.47 Å². The number of carbonyl (C=O) groups is 2. The first kappa shape index (κ1) is 20.3. The monoisotopic (exact) mass is 361 g/mol. The van der Waals surface area contributed by atoms with Gasteiger partial charge in [-0.15, -0.1) is 0 Å². The van der Waals surface area contributed by atoms with Crippen LogP contribution in [0.15, 0.2) is 30.3 Å². The summed E-state index contributed by atoms with van der Waals surface area (Å²) in [4.78, 5) is 26.4. The molecule has 26 heavy (non-hydrogen) atoms. The summed E-state index contributed by atoms with van der Waals surface area (Å²) in [5.74, 6) is 0.601. The van der Waals surface area contributed by atoms with E-state index in [0.29, 0.717) is 26.2 Å². The maximum absolute atomic E-state index is 12.8. The van der Waals surface area contributed by atoms with Crippen molar-refractivity contribution in [2.75, 3.05) is 19.8 Å². The number of amides is 1. The van der Waals surface area contributed by atoms with Gasteiger partial charge in [0.25, 0.3) is 0 Å². The summed E-state index contributed by atoms with van der Waals surface area (Å²) in [5, 5.41) is 0. The summed E-state index contributed by atoms with van der Waals surface area (Å²) in [6.45, 7) is 2.97. The fraction of sp³-hybridized carbons (Fsp3) is 0.619. The molecule has 0 atom stereocenters. The van der Waals surface area contributed by atoms with Crippen LogP contribution in [0.5, 0.6) is 5.75 Å². The smallest absolute Gasteiger partial charge is 0.307 e. The topological polar surface area (TPSA) is 55.8 Å². The second kappa shape index (κ2) is 11.6. The zero-order valence-electron chi connectivity index (χ0n) is 15.8. The molecular weight excluding hydrogens is 330 g/mol. The van der Waals surface area contributed by atoms with Gasteiger partial charge in [-0.1, -0.05) is 43.9 Å². The van der Waals surface area contributed by atoms with Gasteiger partial charge in [0.1, 0.15) is 5.75 Å². The summed E-state index contributed by atoms with van der Waals surface area (Å²) >= 11 is 0. The zero-order chi connectivity index (χ0) is 18.6. The highest BCUT2D eigenvalue weighted by Gasteiger charge is 2.25. The molecule has 0 heterocycles. The van der Waals surface area contributed by atoms with Crippen LogP contribution in [-0.2, 0) is 14.3 Å². The van der Waals surface area contributed by atoms with E-state index in [9.17, 15) is 9.59 Å². The molecule has 0 saturated heterocycles. The Hall–Kier alpha value is -2.04. The van der Waals surface area contributed by atoms with Gasteiger partial charge in [0.2, 0.25) is 5.91 Å². The normalized spacial score (nSPS) is 15.1. The van der Waals surface area contributed by atoms with Crippen LogP contribution >= 0.6 is 0 Å². The van der Waals surface area contributed by atoms with Gasteiger partial charge in [-0.05, 0) is 31.9 Å². The summed E-state index contributed by atoms with van der Waals surface area (Å²) in [7, 11) is 0. The van der Waals surface area contributed by atoms with Crippen LogP contribution in [0.1, 0.15) is 58.3 Å². The molecule has 1 aliphatic rings. The van der Waals surface area contributed by atoms with Gasteiger partial charge in [-0.25, -0.2) is 0 Å². The van der Waals surface area contributed by atoms with E-state index >= 15 is 0 Å². The minimum Gasteiger partial charge on any atom is -0.493 e. The molecule has 0 N–H and O–H groups in total. The lowest BCUT2D eigenvalue weighted by atomic mass is 10.1. The number of hydrogen-bond donors (Lipinski definition) is 0. The summed E-state index contributed by atoms with van der Waals surface area (Å²) < 4.78 is 10.7. The number of nitrogens with zero attached hydrogens (tertiary/aromatic N) is 1. The van der Waals surface area contributed by atoms with E-state index < -0.39 is 0 Å². The quantitative estimate of drug-likeness (QED) is 0.493. The van der Waals surface area contributed by atoms with Gasteiger partial charge in [0.05, 0.1) is 26.1 Å². The van der Waals surface area contributed by atoms with E-state index in [1.54, 1.807) is 6.92 Å². The van der Waals surface area contributed by atoms with Crippen LogP contribution in [0.25, 0.3) is 0 Å². The Morgan fingerprint density at radius 2 is 1.73 bits per heavy atom. The molecule has 0 spiro atoms. The lowest BCUT2D eigenvalue weighted by Crippen LogP contribution is -2.42. The molecule has 1 aromatic carbocycles. The Labute approximate surface area is 156 Å². The fourth-order valence-electron chi connectivity index (χ4n) is 3.44. The van der Waals surface area contributed by atoms with Crippen molar-refractivity contribution in [3.8, 4) is 5.75 Å². The fourth-order valence-corrected chi connectivity index (χ4v) is 3.44. The third kappa shape index (κ3) is 7.06. The molecule has 144 valence electrons. The van der Waals surface area contributed by atoms with Gasteiger partial charge in [0, 0.05) is 12.6 Å². The van der Waals surface area contributed by atoms with Crippen molar-refractivity contribution in [2.45, 2.75) is 64.3 Å². The molecule has 0 radical (unpaired) electrons. The highest BCUT2D eigenvalue weighted by Crippen LogP contribution is 2.23. The number of ether oxygens (including phenoxy) is 2. The van der Waals surface area contributed by atoms with Crippen LogP contribution in [-0.4, -0.2) is 42.6 Å². The van der Waals surface area contributed by atoms with Crippen LogP contribution in [0.4, 0.5) is 0 Å². The zero-order valence-corrected chi connectivity index (χ0v) is 15.8. The molecule has 1 amide bonds. The summed E-state index contributed by atoms with van der Waals surface area (Å²) in [6, 6.07) is 9.75. The molecular formula is C21H31NO4. The van der Waals surface area contributed by atoms with Crippen molar-refractivity contribution in [1.82, 2.24) is 4.90 Å². The molecule has 1 aromatic rings. The standard InChI is InChI=1S/C21H31NO4/c1-2-25-21(24)14-16-22(18-10-6-3-4-7-11-18)20(23)15-17-26-19-12-8-5-9-13-19/h5,8-9,12-13,18H,2-4,6-7,10-11,14-17H2,1H3. The molecule has 5 heteroatoms. The number of esters is 1. The second-order valence-corrected chi connectivity index (χ2v) is 6.70. The Morgan fingerprint density at radius 1 is 1.04 bits per heavy atom. The van der Waals surface area contributed by atoms with Gasteiger partial charge in [-0.2, -0.15) is 0 Å². The number of hydrogen-bond acceptors (Lipinski definition) is 4. The first-order valence-corrected chi connectivity index (χ1v) is 9.83. The van der Waals surface area contributed by atoms with Crippen molar-refractivity contribution >= 4 is 11.9 Å². The lowest BCUT2D eigenvalue weighted by molar-refractivity contribution is -0.144. The average Bonchev–Trinajstić information content (AvgIpc) is 2.92. The number of carbonyl (C=O) groups excluding carboxylic acids is 2. The minimum atomic E-state index is -0.237. The van der Waals surface area contributed by atoms with Crippen molar-refractivity contribution in [3.63, 3.8) is 0 Å². The predicted molar refractivity (Wildman–Crippen MR) is 101 cm³/mol. The third-order valence-corrected chi connectivity index (χ3v) is 4.78. The van der Waals surface area contributed by atoms with Gasteiger partial charge >= 0.3 is 5.97 Å². The molecule has 1 aliphatic carbocycles. The highest BCUT2D eigenvalue weighted by atomic mass is 16.5. The number of rotatable bonds is 9. The first-order valence-electron chi connectivity index (χ1n) is 9.83.